The maximum absolute atomic E-state index is 15.2. The second-order valence-corrected chi connectivity index (χ2v) is 8.96. The highest BCUT2D eigenvalue weighted by Gasteiger charge is 2.37. The van der Waals surface area contributed by atoms with Crippen LogP contribution in [0, 0.1) is 5.13 Å². The molecule has 35 heavy (non-hydrogen) atoms. The molecule has 3 rings (SSSR count). The highest BCUT2D eigenvalue weighted by atomic mass is 35.5. The van der Waals surface area contributed by atoms with Gasteiger partial charge in [-0.05, 0) is 37.8 Å². The molecule has 0 saturated heterocycles. The van der Waals surface area contributed by atoms with Crippen molar-refractivity contribution >= 4 is 52.4 Å². The zero-order valence-corrected chi connectivity index (χ0v) is 20.7. The first-order valence-corrected chi connectivity index (χ1v) is 11.8. The van der Waals surface area contributed by atoms with Crippen LogP contribution >= 0.6 is 22.9 Å². The Hall–Kier alpha value is -3.08. The first-order valence-electron chi connectivity index (χ1n) is 10.7. The quantitative estimate of drug-likeness (QED) is 0.286. The number of anilines is 1. The number of carbonyl (C=O) groups excluding carboxylic acids is 4. The fraction of sp³-hybridized carbons (Fsp3) is 0.333. The summed E-state index contributed by atoms with van der Waals surface area (Å²) in [5, 5.41) is -1.18. The van der Waals surface area contributed by atoms with Crippen LogP contribution in [0.4, 0.5) is 10.1 Å². The largest absolute Gasteiger partial charge is 0.469 e. The van der Waals surface area contributed by atoms with Crippen molar-refractivity contribution in [3.63, 3.8) is 0 Å². The number of thiophene rings is 1. The van der Waals surface area contributed by atoms with E-state index in [0.717, 1.165) is 0 Å². The lowest BCUT2D eigenvalue weighted by Crippen LogP contribution is -2.40. The third-order valence-electron chi connectivity index (χ3n) is 5.32. The summed E-state index contributed by atoms with van der Waals surface area (Å²) in [6, 6.07) is 7.82. The molecule has 0 saturated carbocycles. The number of hydrogen-bond donors (Lipinski definition) is 0. The number of imide groups is 1. The van der Waals surface area contributed by atoms with Crippen LogP contribution in [0.2, 0.25) is 5.02 Å². The molecule has 11 heteroatoms. The Balaban J connectivity index is 2.14. The van der Waals surface area contributed by atoms with Gasteiger partial charge in [0.1, 0.15) is 5.69 Å². The third-order valence-corrected chi connectivity index (χ3v) is 6.80. The van der Waals surface area contributed by atoms with Gasteiger partial charge in [0.15, 0.2) is 6.79 Å². The summed E-state index contributed by atoms with van der Waals surface area (Å²) in [5.74, 6) is -3.12. The molecule has 0 fully saturated rings. The fourth-order valence-electron chi connectivity index (χ4n) is 3.63. The third kappa shape index (κ3) is 5.95. The number of methoxy groups -OCH3 is 2. The van der Waals surface area contributed by atoms with Crippen LogP contribution in [-0.4, -0.2) is 44.8 Å². The monoisotopic (exact) mass is 523 g/mol. The Bertz CT molecular complexity index is 1160. The zero-order chi connectivity index (χ0) is 25.5. The highest BCUT2D eigenvalue weighted by Crippen LogP contribution is 2.41. The van der Waals surface area contributed by atoms with E-state index in [2.05, 4.69) is 4.74 Å². The van der Waals surface area contributed by atoms with E-state index in [4.69, 9.17) is 21.1 Å². The van der Waals surface area contributed by atoms with E-state index in [1.165, 1.54) is 26.4 Å². The van der Waals surface area contributed by atoms with Gasteiger partial charge in [-0.2, -0.15) is 4.39 Å². The molecule has 186 valence electrons. The predicted molar refractivity (Wildman–Crippen MR) is 127 cm³/mol. The molecule has 1 aromatic heterocycles. The van der Waals surface area contributed by atoms with Gasteiger partial charge in [-0.3, -0.25) is 14.4 Å². The Labute approximate surface area is 210 Å². The summed E-state index contributed by atoms with van der Waals surface area (Å²) in [6.07, 6.45) is 1.33. The van der Waals surface area contributed by atoms with Crippen molar-refractivity contribution in [3.8, 4) is 0 Å². The predicted octanol–water partition coefficient (Wildman–Crippen LogP) is 4.45. The number of rotatable bonds is 8. The van der Waals surface area contributed by atoms with E-state index in [1.807, 2.05) is 0 Å². The summed E-state index contributed by atoms with van der Waals surface area (Å²) in [5.41, 5.74) is -0.224. The molecular weight excluding hydrogens is 501 g/mol. The van der Waals surface area contributed by atoms with E-state index in [1.54, 1.807) is 18.2 Å². The molecule has 2 amide bonds. The SMILES string of the molecule is COCOC(=O)C1=C(C(=O)N(C(=O)c2ccccc2)c2c(F)sc(CC(=O)OC)c2Cl)CCCC1. The summed E-state index contributed by atoms with van der Waals surface area (Å²) in [4.78, 5) is 52.4. The minimum Gasteiger partial charge on any atom is -0.469 e. The molecule has 0 spiro atoms. The number of benzene rings is 1. The average molecular weight is 524 g/mol. The molecule has 1 aromatic carbocycles. The molecule has 0 atom stereocenters. The molecule has 0 aliphatic heterocycles. The topological polar surface area (TPSA) is 99.2 Å². The zero-order valence-electron chi connectivity index (χ0n) is 19.1. The van der Waals surface area contributed by atoms with Crippen LogP contribution in [-0.2, 0) is 35.0 Å². The normalized spacial score (nSPS) is 13.4. The molecule has 0 bridgehead atoms. The second-order valence-electron chi connectivity index (χ2n) is 7.53. The first kappa shape index (κ1) is 26.5. The minimum atomic E-state index is -0.925. The van der Waals surface area contributed by atoms with Gasteiger partial charge in [0.2, 0.25) is 5.13 Å². The van der Waals surface area contributed by atoms with Crippen LogP contribution < -0.4 is 4.90 Å². The molecule has 0 radical (unpaired) electrons. The van der Waals surface area contributed by atoms with Gasteiger partial charge in [-0.15, -0.1) is 11.3 Å². The van der Waals surface area contributed by atoms with Crippen molar-refractivity contribution in [2.45, 2.75) is 32.1 Å². The van der Waals surface area contributed by atoms with Gasteiger partial charge in [0.25, 0.3) is 11.8 Å². The van der Waals surface area contributed by atoms with E-state index in [-0.39, 0.29) is 52.7 Å². The van der Waals surface area contributed by atoms with Crippen molar-refractivity contribution in [1.29, 1.82) is 0 Å². The van der Waals surface area contributed by atoms with Gasteiger partial charge in [-0.25, -0.2) is 9.69 Å². The molecule has 0 unspecified atom stereocenters. The Morgan fingerprint density at radius 2 is 1.69 bits per heavy atom. The summed E-state index contributed by atoms with van der Waals surface area (Å²) in [6.45, 7) is -0.307. The van der Waals surface area contributed by atoms with Gasteiger partial charge >= 0.3 is 11.9 Å². The van der Waals surface area contributed by atoms with Crippen LogP contribution in [0.3, 0.4) is 0 Å². The Kier molecular flexibility index (Phi) is 9.13. The molecule has 2 aromatic rings. The van der Waals surface area contributed by atoms with Crippen LogP contribution in [0.5, 0.6) is 0 Å². The van der Waals surface area contributed by atoms with Gasteiger partial charge in [0.05, 0.1) is 18.6 Å². The van der Waals surface area contributed by atoms with E-state index in [0.29, 0.717) is 29.1 Å². The van der Waals surface area contributed by atoms with Crippen molar-refractivity contribution < 1.29 is 37.8 Å². The maximum Gasteiger partial charge on any atom is 0.336 e. The number of nitrogens with zero attached hydrogens (tertiary/aromatic N) is 1. The molecule has 0 N–H and O–H groups in total. The molecule has 1 heterocycles. The van der Waals surface area contributed by atoms with Crippen molar-refractivity contribution in [2.24, 2.45) is 0 Å². The number of carbonyl (C=O) groups is 4. The van der Waals surface area contributed by atoms with E-state index >= 15 is 4.39 Å². The number of hydrogen-bond acceptors (Lipinski definition) is 8. The smallest absolute Gasteiger partial charge is 0.336 e. The van der Waals surface area contributed by atoms with Gasteiger partial charge in [-0.1, -0.05) is 29.8 Å². The average Bonchev–Trinajstić information content (AvgIpc) is 3.15. The van der Waals surface area contributed by atoms with Crippen LogP contribution in [0.15, 0.2) is 41.5 Å². The van der Waals surface area contributed by atoms with Crippen molar-refractivity contribution in [2.75, 3.05) is 25.9 Å². The number of halogens is 2. The highest BCUT2D eigenvalue weighted by molar-refractivity contribution is 7.11. The second kappa shape index (κ2) is 12.1. The molecule has 8 nitrogen and oxygen atoms in total. The summed E-state index contributed by atoms with van der Waals surface area (Å²) in [7, 11) is 2.53. The van der Waals surface area contributed by atoms with E-state index < -0.39 is 34.6 Å². The Morgan fingerprint density at radius 1 is 1.03 bits per heavy atom. The summed E-state index contributed by atoms with van der Waals surface area (Å²) >= 11 is 6.94. The first-order chi connectivity index (χ1) is 16.8. The van der Waals surface area contributed by atoms with E-state index in [9.17, 15) is 19.2 Å². The fourth-order valence-corrected chi connectivity index (χ4v) is 4.92. The molecule has 1 aliphatic rings. The Morgan fingerprint density at radius 3 is 2.31 bits per heavy atom. The van der Waals surface area contributed by atoms with Crippen molar-refractivity contribution in [3.05, 3.63) is 62.1 Å². The minimum absolute atomic E-state index is 0.0396. The van der Waals surface area contributed by atoms with Crippen molar-refractivity contribution in [1.82, 2.24) is 0 Å². The summed E-state index contributed by atoms with van der Waals surface area (Å²) < 4.78 is 29.6. The van der Waals surface area contributed by atoms with Crippen LogP contribution in [0.1, 0.15) is 40.9 Å². The number of esters is 2. The lowest BCUT2D eigenvalue weighted by atomic mass is 9.90. The standard InChI is InChI=1S/C24H23ClFNO7S/c1-32-13-34-24(31)16-11-7-6-10-15(16)23(30)27(22(29)14-8-4-3-5-9-14)20-19(25)17(35-21(20)26)12-18(28)33-2/h3-5,8-9H,6-7,10-13H2,1-2H3. The lowest BCUT2D eigenvalue weighted by molar-refractivity contribution is -0.149. The number of amides is 2. The molecule has 1 aliphatic carbocycles. The number of ether oxygens (including phenoxy) is 3. The lowest BCUT2D eigenvalue weighted by Gasteiger charge is -2.25. The maximum atomic E-state index is 15.2. The van der Waals surface area contributed by atoms with Gasteiger partial charge in [0, 0.05) is 28.7 Å². The van der Waals surface area contributed by atoms with Gasteiger partial charge < -0.3 is 14.2 Å². The molecular formula is C24H23ClFNO7S. The van der Waals surface area contributed by atoms with Crippen LogP contribution in [0.25, 0.3) is 0 Å².